The number of nitrogens with one attached hydrogen (secondary N) is 1. The van der Waals surface area contributed by atoms with Crippen molar-refractivity contribution in [2.24, 2.45) is 5.92 Å². The highest BCUT2D eigenvalue weighted by molar-refractivity contribution is 7.89. The van der Waals surface area contributed by atoms with Crippen molar-refractivity contribution in [2.45, 2.75) is 37.1 Å². The van der Waals surface area contributed by atoms with Crippen LogP contribution in [0.4, 0.5) is 0 Å². The van der Waals surface area contributed by atoms with E-state index in [-0.39, 0.29) is 17.9 Å². The summed E-state index contributed by atoms with van der Waals surface area (Å²) in [6.07, 6.45) is 1.95. The first-order valence-corrected chi connectivity index (χ1v) is 12.3. The lowest BCUT2D eigenvalue weighted by Gasteiger charge is -2.31. The van der Waals surface area contributed by atoms with Gasteiger partial charge in [-0.25, -0.2) is 8.42 Å². The van der Waals surface area contributed by atoms with Crippen LogP contribution in [-0.4, -0.2) is 63.3 Å². The van der Waals surface area contributed by atoms with Gasteiger partial charge in [0.2, 0.25) is 15.9 Å². The number of hydrogen-bond acceptors (Lipinski definition) is 4. The van der Waals surface area contributed by atoms with E-state index in [9.17, 15) is 13.2 Å². The Balaban J connectivity index is 1.52. The number of likely N-dealkylation sites (N-methyl/N-ethyl adjacent to an activating group) is 1. The molecule has 31 heavy (non-hydrogen) atoms. The standard InChI is InChI=1S/C24H33N3O3S/c1-19-9-11-23(12-10-19)31(29,30)27-15-13-21(14-16-27)24(28)25-18-22(26(2)3)17-20-7-5-4-6-8-20/h4-12,21-22H,13-18H2,1-3H3,(H,25,28). The highest BCUT2D eigenvalue weighted by atomic mass is 32.2. The molecule has 168 valence electrons. The Labute approximate surface area is 186 Å². The summed E-state index contributed by atoms with van der Waals surface area (Å²) in [6.45, 7) is 3.24. The molecule has 1 saturated heterocycles. The number of benzene rings is 2. The maximum atomic E-state index is 12.9. The zero-order valence-electron chi connectivity index (χ0n) is 18.6. The largest absolute Gasteiger partial charge is 0.354 e. The van der Waals surface area contributed by atoms with E-state index in [0.29, 0.717) is 37.4 Å². The Morgan fingerprint density at radius 2 is 1.68 bits per heavy atom. The number of hydrogen-bond donors (Lipinski definition) is 1. The van der Waals surface area contributed by atoms with Crippen LogP contribution >= 0.6 is 0 Å². The predicted molar refractivity (Wildman–Crippen MR) is 123 cm³/mol. The fraction of sp³-hybridized carbons (Fsp3) is 0.458. The monoisotopic (exact) mass is 443 g/mol. The van der Waals surface area contributed by atoms with Crippen molar-refractivity contribution in [1.29, 1.82) is 0 Å². The number of aryl methyl sites for hydroxylation is 1. The van der Waals surface area contributed by atoms with E-state index in [1.807, 2.05) is 51.4 Å². The number of carbonyl (C=O) groups excluding carboxylic acids is 1. The fourth-order valence-electron chi connectivity index (χ4n) is 3.90. The average Bonchev–Trinajstić information content (AvgIpc) is 2.77. The third-order valence-electron chi connectivity index (χ3n) is 6.04. The summed E-state index contributed by atoms with van der Waals surface area (Å²) in [5.74, 6) is -0.128. The molecule has 7 heteroatoms. The van der Waals surface area contributed by atoms with Crippen molar-refractivity contribution >= 4 is 15.9 Å². The maximum Gasteiger partial charge on any atom is 0.243 e. The quantitative estimate of drug-likeness (QED) is 0.681. The lowest BCUT2D eigenvalue weighted by molar-refractivity contribution is -0.126. The molecule has 1 unspecified atom stereocenters. The maximum absolute atomic E-state index is 12.9. The third kappa shape index (κ3) is 6.15. The smallest absolute Gasteiger partial charge is 0.243 e. The van der Waals surface area contributed by atoms with Crippen molar-refractivity contribution in [3.05, 3.63) is 65.7 Å². The van der Waals surface area contributed by atoms with Gasteiger partial charge < -0.3 is 10.2 Å². The van der Waals surface area contributed by atoms with E-state index in [1.165, 1.54) is 9.87 Å². The number of sulfonamides is 1. The molecule has 2 aromatic rings. The van der Waals surface area contributed by atoms with Gasteiger partial charge in [-0.1, -0.05) is 48.0 Å². The van der Waals surface area contributed by atoms with E-state index in [1.54, 1.807) is 12.1 Å². The molecule has 3 rings (SSSR count). The first-order chi connectivity index (χ1) is 14.8. The zero-order valence-corrected chi connectivity index (χ0v) is 19.4. The van der Waals surface area contributed by atoms with Gasteiger partial charge in [0.1, 0.15) is 0 Å². The predicted octanol–water partition coefficient (Wildman–Crippen LogP) is 2.68. The Morgan fingerprint density at radius 3 is 2.26 bits per heavy atom. The van der Waals surface area contributed by atoms with Crippen LogP contribution in [0.15, 0.2) is 59.5 Å². The highest BCUT2D eigenvalue weighted by Gasteiger charge is 2.32. The second kappa shape index (κ2) is 10.4. The van der Waals surface area contributed by atoms with Gasteiger partial charge in [0.25, 0.3) is 0 Å². The van der Waals surface area contributed by atoms with Gasteiger partial charge in [-0.05, 0) is 58.0 Å². The van der Waals surface area contributed by atoms with Crippen LogP contribution in [0.3, 0.4) is 0 Å². The molecule has 2 aromatic carbocycles. The molecule has 0 aliphatic carbocycles. The molecule has 1 heterocycles. The normalized spacial score (nSPS) is 16.9. The van der Waals surface area contributed by atoms with Gasteiger partial charge in [-0.2, -0.15) is 4.31 Å². The SMILES string of the molecule is Cc1ccc(S(=O)(=O)N2CCC(C(=O)NCC(Cc3ccccc3)N(C)C)CC2)cc1. The number of amides is 1. The van der Waals surface area contributed by atoms with Crippen molar-refractivity contribution in [3.63, 3.8) is 0 Å². The number of rotatable bonds is 8. The van der Waals surface area contributed by atoms with Crippen molar-refractivity contribution < 1.29 is 13.2 Å². The minimum atomic E-state index is -3.50. The summed E-state index contributed by atoms with van der Waals surface area (Å²) in [5.41, 5.74) is 2.27. The fourth-order valence-corrected chi connectivity index (χ4v) is 5.37. The van der Waals surface area contributed by atoms with Gasteiger partial charge in [0.05, 0.1) is 4.90 Å². The van der Waals surface area contributed by atoms with Crippen LogP contribution in [0.25, 0.3) is 0 Å². The second-order valence-corrected chi connectivity index (χ2v) is 10.5. The minimum Gasteiger partial charge on any atom is -0.354 e. The summed E-state index contributed by atoms with van der Waals surface area (Å²) < 4.78 is 27.2. The number of nitrogens with zero attached hydrogens (tertiary/aromatic N) is 2. The van der Waals surface area contributed by atoms with Gasteiger partial charge >= 0.3 is 0 Å². The van der Waals surface area contributed by atoms with Crippen LogP contribution in [-0.2, 0) is 21.2 Å². The van der Waals surface area contributed by atoms with E-state index < -0.39 is 10.0 Å². The van der Waals surface area contributed by atoms with Crippen molar-refractivity contribution in [1.82, 2.24) is 14.5 Å². The molecule has 0 radical (unpaired) electrons. The molecule has 1 atom stereocenters. The Bertz CT molecular complexity index is 951. The summed E-state index contributed by atoms with van der Waals surface area (Å²) in [5, 5.41) is 3.10. The molecule has 0 saturated carbocycles. The number of piperidine rings is 1. The summed E-state index contributed by atoms with van der Waals surface area (Å²) in [6, 6.07) is 17.4. The summed E-state index contributed by atoms with van der Waals surface area (Å²) in [4.78, 5) is 15.2. The first-order valence-electron chi connectivity index (χ1n) is 10.8. The number of carbonyl (C=O) groups is 1. The minimum absolute atomic E-state index is 0.0206. The Hall–Kier alpha value is -2.22. The molecule has 1 aliphatic rings. The molecular formula is C24H33N3O3S. The van der Waals surface area contributed by atoms with E-state index in [0.717, 1.165) is 12.0 Å². The molecule has 6 nitrogen and oxygen atoms in total. The molecule has 1 amide bonds. The highest BCUT2D eigenvalue weighted by Crippen LogP contribution is 2.24. The van der Waals surface area contributed by atoms with Crippen LogP contribution in [0.5, 0.6) is 0 Å². The summed E-state index contributed by atoms with van der Waals surface area (Å²) in [7, 11) is 0.539. The van der Waals surface area contributed by atoms with Gasteiger partial charge in [-0.3, -0.25) is 4.79 Å². The van der Waals surface area contributed by atoms with E-state index in [4.69, 9.17) is 0 Å². The topological polar surface area (TPSA) is 69.7 Å². The van der Waals surface area contributed by atoms with Gasteiger partial charge in [0.15, 0.2) is 0 Å². The zero-order chi connectivity index (χ0) is 22.4. The van der Waals surface area contributed by atoms with Crippen molar-refractivity contribution in [3.8, 4) is 0 Å². The van der Waals surface area contributed by atoms with Crippen LogP contribution in [0, 0.1) is 12.8 Å². The second-order valence-electron chi connectivity index (χ2n) is 8.54. The molecular weight excluding hydrogens is 410 g/mol. The van der Waals surface area contributed by atoms with E-state index >= 15 is 0 Å². The lowest BCUT2D eigenvalue weighted by Crippen LogP contribution is -2.46. The third-order valence-corrected chi connectivity index (χ3v) is 7.95. The molecule has 0 aromatic heterocycles. The molecule has 1 N–H and O–H groups in total. The van der Waals surface area contributed by atoms with Crippen LogP contribution < -0.4 is 5.32 Å². The van der Waals surface area contributed by atoms with E-state index in [2.05, 4.69) is 22.3 Å². The Kier molecular flexibility index (Phi) is 7.86. The molecule has 0 spiro atoms. The van der Waals surface area contributed by atoms with Gasteiger partial charge in [0, 0.05) is 31.6 Å². The average molecular weight is 444 g/mol. The summed E-state index contributed by atoms with van der Waals surface area (Å²) >= 11 is 0. The molecule has 1 aliphatic heterocycles. The first kappa shape index (κ1) is 23.4. The molecule has 0 bridgehead atoms. The van der Waals surface area contributed by atoms with Crippen LogP contribution in [0.1, 0.15) is 24.0 Å². The van der Waals surface area contributed by atoms with Crippen molar-refractivity contribution in [2.75, 3.05) is 33.7 Å². The van der Waals surface area contributed by atoms with Crippen LogP contribution in [0.2, 0.25) is 0 Å². The Morgan fingerprint density at radius 1 is 1.06 bits per heavy atom. The lowest BCUT2D eigenvalue weighted by atomic mass is 9.97. The molecule has 1 fully saturated rings. The van der Waals surface area contributed by atoms with Gasteiger partial charge in [-0.15, -0.1) is 0 Å².